The van der Waals surface area contributed by atoms with Crippen molar-refractivity contribution in [3.8, 4) is 5.75 Å². The summed E-state index contributed by atoms with van der Waals surface area (Å²) in [6.45, 7) is 2.89. The molecule has 7 heteroatoms. The fraction of sp³-hybridized carbons (Fsp3) is 0.217. The van der Waals surface area contributed by atoms with Gasteiger partial charge in [-0.15, -0.1) is 0 Å². The van der Waals surface area contributed by atoms with E-state index in [0.717, 1.165) is 33.5 Å². The van der Waals surface area contributed by atoms with Crippen LogP contribution < -0.4 is 4.74 Å². The van der Waals surface area contributed by atoms with Crippen LogP contribution in [-0.2, 0) is 17.9 Å². The second kappa shape index (κ2) is 8.73. The molecule has 0 bridgehead atoms. The number of nitrogens with zero attached hydrogens (tertiary/aromatic N) is 4. The van der Waals surface area contributed by atoms with Gasteiger partial charge >= 0.3 is 5.97 Å². The van der Waals surface area contributed by atoms with Crippen LogP contribution in [0.1, 0.15) is 36.1 Å². The summed E-state index contributed by atoms with van der Waals surface area (Å²) in [5.41, 5.74) is 3.88. The van der Waals surface area contributed by atoms with Crippen LogP contribution in [0.25, 0.3) is 10.9 Å². The van der Waals surface area contributed by atoms with Crippen molar-refractivity contribution < 1.29 is 14.6 Å². The minimum atomic E-state index is -0.795. The van der Waals surface area contributed by atoms with Crippen molar-refractivity contribution in [3.63, 3.8) is 0 Å². The molecule has 0 saturated heterocycles. The SMILES string of the molecule is CC(CC(=O)O)c1ccc(OCc2ccc3cnn(Cc4cnccn4)c3c2)cc1. The van der Waals surface area contributed by atoms with Gasteiger partial charge in [0.1, 0.15) is 12.4 Å². The molecule has 0 aliphatic carbocycles. The van der Waals surface area contributed by atoms with Gasteiger partial charge < -0.3 is 9.84 Å². The Hall–Kier alpha value is -3.74. The van der Waals surface area contributed by atoms with Crippen molar-refractivity contribution in [1.82, 2.24) is 19.7 Å². The number of carbonyl (C=O) groups is 1. The highest BCUT2D eigenvalue weighted by Crippen LogP contribution is 2.23. The van der Waals surface area contributed by atoms with Crippen LogP contribution in [0.5, 0.6) is 5.75 Å². The molecule has 1 N–H and O–H groups in total. The van der Waals surface area contributed by atoms with Gasteiger partial charge in [-0.25, -0.2) is 0 Å². The van der Waals surface area contributed by atoms with Gasteiger partial charge in [0.25, 0.3) is 0 Å². The van der Waals surface area contributed by atoms with Gasteiger partial charge in [-0.2, -0.15) is 5.10 Å². The van der Waals surface area contributed by atoms with E-state index in [-0.39, 0.29) is 12.3 Å². The second-order valence-corrected chi connectivity index (χ2v) is 7.25. The van der Waals surface area contributed by atoms with Gasteiger partial charge in [-0.3, -0.25) is 19.4 Å². The molecule has 4 aromatic rings. The van der Waals surface area contributed by atoms with E-state index in [1.807, 2.05) is 54.2 Å². The maximum atomic E-state index is 10.9. The normalized spacial score (nSPS) is 12.0. The monoisotopic (exact) mass is 402 g/mol. The molecule has 1 unspecified atom stereocenters. The van der Waals surface area contributed by atoms with E-state index in [9.17, 15) is 4.79 Å². The van der Waals surface area contributed by atoms with Crippen LogP contribution in [0.3, 0.4) is 0 Å². The lowest BCUT2D eigenvalue weighted by molar-refractivity contribution is -0.137. The largest absolute Gasteiger partial charge is 0.489 e. The summed E-state index contributed by atoms with van der Waals surface area (Å²) >= 11 is 0. The quantitative estimate of drug-likeness (QED) is 0.479. The highest BCUT2D eigenvalue weighted by molar-refractivity contribution is 5.79. The van der Waals surface area contributed by atoms with Crippen LogP contribution in [0.2, 0.25) is 0 Å². The van der Waals surface area contributed by atoms with E-state index >= 15 is 0 Å². The Morgan fingerprint density at radius 1 is 1.13 bits per heavy atom. The molecular weight excluding hydrogens is 380 g/mol. The molecule has 0 spiro atoms. The van der Waals surface area contributed by atoms with Crippen LogP contribution in [0.4, 0.5) is 0 Å². The lowest BCUT2D eigenvalue weighted by Crippen LogP contribution is -2.04. The van der Waals surface area contributed by atoms with Gasteiger partial charge in [0.05, 0.1) is 36.6 Å². The Morgan fingerprint density at radius 3 is 2.70 bits per heavy atom. The van der Waals surface area contributed by atoms with Crippen LogP contribution in [0, 0.1) is 0 Å². The molecule has 2 aromatic heterocycles. The first kappa shape index (κ1) is 19.6. The zero-order chi connectivity index (χ0) is 20.9. The van der Waals surface area contributed by atoms with Crippen molar-refractivity contribution in [2.45, 2.75) is 32.4 Å². The number of fused-ring (bicyclic) bond motifs is 1. The van der Waals surface area contributed by atoms with Crippen LogP contribution in [-0.4, -0.2) is 30.8 Å². The van der Waals surface area contributed by atoms with Gasteiger partial charge in [0, 0.05) is 17.8 Å². The summed E-state index contributed by atoms with van der Waals surface area (Å²) < 4.78 is 7.83. The zero-order valence-electron chi connectivity index (χ0n) is 16.6. The average molecular weight is 402 g/mol. The predicted molar refractivity (Wildman–Crippen MR) is 112 cm³/mol. The number of aromatic nitrogens is 4. The summed E-state index contributed by atoms with van der Waals surface area (Å²) in [4.78, 5) is 19.3. The number of aliphatic carboxylic acids is 1. The van der Waals surface area contributed by atoms with E-state index in [0.29, 0.717) is 13.2 Å². The van der Waals surface area contributed by atoms with Crippen molar-refractivity contribution in [2.24, 2.45) is 0 Å². The highest BCUT2D eigenvalue weighted by Gasteiger charge is 2.10. The minimum Gasteiger partial charge on any atom is -0.489 e. The number of hydrogen-bond donors (Lipinski definition) is 1. The number of ether oxygens (including phenoxy) is 1. The third-order valence-electron chi connectivity index (χ3n) is 4.97. The molecule has 0 saturated carbocycles. The first-order valence-electron chi connectivity index (χ1n) is 9.72. The molecule has 2 heterocycles. The molecule has 4 rings (SSSR count). The topological polar surface area (TPSA) is 90.1 Å². The third-order valence-corrected chi connectivity index (χ3v) is 4.97. The van der Waals surface area contributed by atoms with E-state index < -0.39 is 5.97 Å². The Balaban J connectivity index is 1.44. The molecular formula is C23H22N4O3. The second-order valence-electron chi connectivity index (χ2n) is 7.25. The Labute approximate surface area is 174 Å². The van der Waals surface area contributed by atoms with E-state index in [2.05, 4.69) is 21.1 Å². The molecule has 0 aliphatic rings. The number of benzene rings is 2. The maximum absolute atomic E-state index is 10.9. The number of carboxylic acid groups (broad SMARTS) is 1. The van der Waals surface area contributed by atoms with E-state index in [1.54, 1.807) is 18.6 Å². The van der Waals surface area contributed by atoms with E-state index in [1.165, 1.54) is 0 Å². The summed E-state index contributed by atoms with van der Waals surface area (Å²) in [5, 5.41) is 14.5. The fourth-order valence-corrected chi connectivity index (χ4v) is 3.34. The third kappa shape index (κ3) is 4.63. The fourth-order valence-electron chi connectivity index (χ4n) is 3.34. The molecule has 2 aromatic carbocycles. The van der Waals surface area contributed by atoms with Crippen molar-refractivity contribution in [2.75, 3.05) is 0 Å². The zero-order valence-corrected chi connectivity index (χ0v) is 16.6. The summed E-state index contributed by atoms with van der Waals surface area (Å²) in [7, 11) is 0. The molecule has 30 heavy (non-hydrogen) atoms. The van der Waals surface area contributed by atoms with Crippen molar-refractivity contribution in [3.05, 3.63) is 84.1 Å². The molecule has 0 amide bonds. The van der Waals surface area contributed by atoms with E-state index in [4.69, 9.17) is 9.84 Å². The molecule has 0 radical (unpaired) electrons. The molecule has 0 fully saturated rings. The first-order valence-corrected chi connectivity index (χ1v) is 9.72. The Kier molecular flexibility index (Phi) is 5.70. The Bertz CT molecular complexity index is 1140. The summed E-state index contributed by atoms with van der Waals surface area (Å²) in [5.74, 6) is -0.0836. The Morgan fingerprint density at radius 2 is 1.97 bits per heavy atom. The van der Waals surface area contributed by atoms with Crippen LogP contribution >= 0.6 is 0 Å². The molecule has 7 nitrogen and oxygen atoms in total. The number of rotatable bonds is 8. The van der Waals surface area contributed by atoms with Crippen molar-refractivity contribution >= 4 is 16.9 Å². The van der Waals surface area contributed by atoms with Gasteiger partial charge in [0.2, 0.25) is 0 Å². The maximum Gasteiger partial charge on any atom is 0.303 e. The number of hydrogen-bond acceptors (Lipinski definition) is 5. The average Bonchev–Trinajstić information content (AvgIpc) is 3.15. The van der Waals surface area contributed by atoms with Gasteiger partial charge in [-0.1, -0.05) is 31.2 Å². The molecule has 152 valence electrons. The van der Waals surface area contributed by atoms with Crippen LogP contribution in [0.15, 0.2) is 67.3 Å². The highest BCUT2D eigenvalue weighted by atomic mass is 16.5. The predicted octanol–water partition coefficient (Wildman–Crippen LogP) is 4.03. The lowest BCUT2D eigenvalue weighted by Gasteiger charge is -2.11. The molecule has 1 atom stereocenters. The minimum absolute atomic E-state index is 0.0338. The summed E-state index contributed by atoms with van der Waals surface area (Å²) in [6, 6.07) is 13.7. The standard InChI is InChI=1S/C23H22N4O3/c1-16(10-23(28)29)18-4-6-21(7-5-18)30-15-17-2-3-19-12-26-27(22(19)11-17)14-20-13-24-8-9-25-20/h2-9,11-13,16H,10,14-15H2,1H3,(H,28,29). The number of carboxylic acids is 1. The molecule has 0 aliphatic heterocycles. The van der Waals surface area contributed by atoms with Gasteiger partial charge in [-0.05, 0) is 35.2 Å². The lowest BCUT2D eigenvalue weighted by atomic mass is 9.98. The van der Waals surface area contributed by atoms with Gasteiger partial charge in [0.15, 0.2) is 0 Å². The van der Waals surface area contributed by atoms with Crippen molar-refractivity contribution in [1.29, 1.82) is 0 Å². The smallest absolute Gasteiger partial charge is 0.303 e. The summed E-state index contributed by atoms with van der Waals surface area (Å²) in [6.07, 6.45) is 7.02. The first-order chi connectivity index (χ1) is 14.6.